The first-order valence-electron chi connectivity index (χ1n) is 13.5. The van der Waals surface area contributed by atoms with E-state index in [1.54, 1.807) is 6.20 Å². The summed E-state index contributed by atoms with van der Waals surface area (Å²) in [7, 11) is 2.14. The zero-order valence-electron chi connectivity index (χ0n) is 21.6. The van der Waals surface area contributed by atoms with Crippen molar-refractivity contribution in [3.05, 3.63) is 41.8 Å². The Labute approximate surface area is 217 Å². The molecular formula is C28H34N6O3. The first-order valence-corrected chi connectivity index (χ1v) is 13.5. The van der Waals surface area contributed by atoms with Gasteiger partial charge >= 0.3 is 0 Å². The molecule has 1 saturated heterocycles. The maximum Gasteiger partial charge on any atom is 0.219 e. The third-order valence-electron chi connectivity index (χ3n) is 8.31. The highest BCUT2D eigenvalue weighted by atomic mass is 16.5. The number of ether oxygens (including phenoxy) is 1. The Hall–Kier alpha value is -3.33. The van der Waals surface area contributed by atoms with E-state index in [9.17, 15) is 4.79 Å². The number of likely N-dealkylation sites (tertiary alicyclic amines) is 1. The number of pyridine rings is 1. The molecule has 0 aromatic carbocycles. The van der Waals surface area contributed by atoms with Crippen LogP contribution in [0.2, 0.25) is 0 Å². The maximum atomic E-state index is 13.1. The molecule has 1 spiro atoms. The number of likely N-dealkylation sites (N-methyl/N-ethyl adjacent to an activating group) is 1. The van der Waals surface area contributed by atoms with Crippen LogP contribution in [0.25, 0.3) is 11.5 Å². The van der Waals surface area contributed by atoms with Gasteiger partial charge in [-0.1, -0.05) is 17.6 Å². The number of ketones is 1. The van der Waals surface area contributed by atoms with E-state index in [4.69, 9.17) is 19.2 Å². The van der Waals surface area contributed by atoms with Crippen LogP contribution in [-0.2, 0) is 16.6 Å². The molecule has 1 aliphatic heterocycles. The van der Waals surface area contributed by atoms with E-state index in [0.29, 0.717) is 41.5 Å². The lowest BCUT2D eigenvalue weighted by molar-refractivity contribution is -0.128. The number of carbonyl (C=O) groups is 1. The summed E-state index contributed by atoms with van der Waals surface area (Å²) in [5.41, 5.74) is 1.03. The van der Waals surface area contributed by atoms with Gasteiger partial charge in [-0.3, -0.25) is 9.69 Å². The number of fused-ring (bicyclic) bond motifs is 2. The molecule has 2 aliphatic carbocycles. The predicted octanol–water partition coefficient (Wildman–Crippen LogP) is 4.85. The molecule has 1 saturated carbocycles. The van der Waals surface area contributed by atoms with Crippen LogP contribution in [0.1, 0.15) is 69.6 Å². The second-order valence-corrected chi connectivity index (χ2v) is 10.7. The Bertz CT molecular complexity index is 1280. The number of aromatic nitrogens is 4. The minimum atomic E-state index is -0.540. The largest absolute Gasteiger partial charge is 0.473 e. The topological polar surface area (TPSA) is 106 Å². The van der Waals surface area contributed by atoms with Gasteiger partial charge in [0, 0.05) is 30.3 Å². The molecule has 37 heavy (non-hydrogen) atoms. The van der Waals surface area contributed by atoms with Gasteiger partial charge in [0.15, 0.2) is 17.3 Å². The molecule has 6 rings (SSSR count). The van der Waals surface area contributed by atoms with Gasteiger partial charge < -0.3 is 14.6 Å². The highest BCUT2D eigenvalue weighted by Crippen LogP contribution is 2.47. The van der Waals surface area contributed by atoms with E-state index in [0.717, 1.165) is 62.8 Å². The lowest BCUT2D eigenvalue weighted by atomic mass is 9.64. The summed E-state index contributed by atoms with van der Waals surface area (Å²) in [5.74, 6) is 3.18. The second kappa shape index (κ2) is 9.85. The molecule has 3 aliphatic rings. The molecule has 1 N–H and O–H groups in total. The molecule has 4 heterocycles. The Balaban J connectivity index is 1.38. The quantitative estimate of drug-likeness (QED) is 0.506. The second-order valence-electron chi connectivity index (χ2n) is 10.7. The van der Waals surface area contributed by atoms with Crippen molar-refractivity contribution in [2.45, 2.75) is 82.3 Å². The molecule has 0 radical (unpaired) electrons. The normalized spacial score (nSPS) is 24.7. The van der Waals surface area contributed by atoms with Crippen molar-refractivity contribution in [3.63, 3.8) is 0 Å². The molecule has 3 aromatic heterocycles. The lowest BCUT2D eigenvalue weighted by Gasteiger charge is -2.36. The van der Waals surface area contributed by atoms with Crippen LogP contribution in [-0.4, -0.2) is 56.5 Å². The average molecular weight is 503 g/mol. The van der Waals surface area contributed by atoms with Crippen LogP contribution in [0, 0.1) is 0 Å². The Morgan fingerprint density at radius 3 is 2.81 bits per heavy atom. The number of anilines is 2. The molecule has 9 heteroatoms. The molecule has 3 atom stereocenters. The smallest absolute Gasteiger partial charge is 0.219 e. The standard InChI is InChI=1S/C28H34N6O3/c1-18(20-10-8-16-34(20)2)36-24-17-23(30-22-12-4-6-15-29-22)31-27(32-24)25-19-9-7-14-28(26(19)37-33-25)13-5-3-11-21(28)35/h4,6,12,15,17-18,20H,3,5,7-11,13-14,16H2,1-2H3,(H,29,30,31,32)/t18-,20-,28+/m0/s1. The third kappa shape index (κ3) is 4.50. The fourth-order valence-electron chi connectivity index (χ4n) is 6.39. The van der Waals surface area contributed by atoms with Crippen molar-refractivity contribution in [1.29, 1.82) is 0 Å². The van der Waals surface area contributed by atoms with E-state index in [1.165, 1.54) is 6.42 Å². The zero-order chi connectivity index (χ0) is 25.4. The van der Waals surface area contributed by atoms with E-state index in [2.05, 4.69) is 34.3 Å². The third-order valence-corrected chi connectivity index (χ3v) is 8.31. The van der Waals surface area contributed by atoms with Crippen LogP contribution < -0.4 is 10.1 Å². The van der Waals surface area contributed by atoms with Crippen molar-refractivity contribution in [2.75, 3.05) is 18.9 Å². The van der Waals surface area contributed by atoms with Crippen LogP contribution >= 0.6 is 0 Å². The summed E-state index contributed by atoms with van der Waals surface area (Å²) in [4.78, 5) is 29.4. The highest BCUT2D eigenvalue weighted by Gasteiger charge is 2.48. The zero-order valence-corrected chi connectivity index (χ0v) is 21.6. The van der Waals surface area contributed by atoms with Crippen molar-refractivity contribution in [3.8, 4) is 17.4 Å². The summed E-state index contributed by atoms with van der Waals surface area (Å²) in [6, 6.07) is 7.82. The fraction of sp³-hybridized carbons (Fsp3) is 0.536. The number of nitrogens with zero attached hydrogens (tertiary/aromatic N) is 5. The number of hydrogen-bond acceptors (Lipinski definition) is 9. The van der Waals surface area contributed by atoms with Crippen LogP contribution in [0.4, 0.5) is 11.6 Å². The number of hydrogen-bond donors (Lipinski definition) is 1. The SMILES string of the molecule is C[C@H](Oc1cc(Nc2ccccn2)nc(-c2noc3c2CCC[C@@]32CCCCC2=O)n1)[C@@H]1CCCN1C. The monoisotopic (exact) mass is 502 g/mol. The van der Waals surface area contributed by atoms with Gasteiger partial charge in [-0.2, -0.15) is 4.98 Å². The first kappa shape index (κ1) is 24.0. The van der Waals surface area contributed by atoms with Gasteiger partial charge in [-0.25, -0.2) is 9.97 Å². The highest BCUT2D eigenvalue weighted by molar-refractivity contribution is 5.91. The molecule has 0 amide bonds. The number of nitrogens with one attached hydrogen (secondary N) is 1. The molecular weight excluding hydrogens is 468 g/mol. The minimum absolute atomic E-state index is 0.0349. The van der Waals surface area contributed by atoms with Gasteiger partial charge in [0.2, 0.25) is 5.88 Å². The van der Waals surface area contributed by atoms with Crippen molar-refractivity contribution in [1.82, 2.24) is 25.0 Å². The summed E-state index contributed by atoms with van der Waals surface area (Å²) in [6.07, 6.45) is 9.94. The van der Waals surface area contributed by atoms with E-state index < -0.39 is 5.41 Å². The molecule has 194 valence electrons. The van der Waals surface area contributed by atoms with E-state index >= 15 is 0 Å². The Kier molecular flexibility index (Phi) is 6.40. The van der Waals surface area contributed by atoms with Crippen molar-refractivity contribution in [2.24, 2.45) is 0 Å². The van der Waals surface area contributed by atoms with Gasteiger partial charge in [0.05, 0.1) is 5.41 Å². The van der Waals surface area contributed by atoms with Crippen LogP contribution in [0.3, 0.4) is 0 Å². The molecule has 9 nitrogen and oxygen atoms in total. The minimum Gasteiger partial charge on any atom is -0.473 e. The number of rotatable bonds is 6. The van der Waals surface area contributed by atoms with Gasteiger partial charge in [-0.15, -0.1) is 0 Å². The number of Topliss-reactive ketones (excluding diaryl/α,β-unsaturated/α-hetero) is 1. The molecule has 0 bridgehead atoms. The van der Waals surface area contributed by atoms with Crippen molar-refractivity contribution >= 4 is 17.4 Å². The Morgan fingerprint density at radius 2 is 2.03 bits per heavy atom. The van der Waals surface area contributed by atoms with Gasteiger partial charge in [0.1, 0.15) is 23.5 Å². The average Bonchev–Trinajstić information content (AvgIpc) is 3.53. The van der Waals surface area contributed by atoms with E-state index in [-0.39, 0.29) is 11.9 Å². The number of carbonyl (C=O) groups excluding carboxylic acids is 1. The summed E-state index contributed by atoms with van der Waals surface area (Å²) in [6.45, 7) is 3.17. The molecule has 0 unspecified atom stereocenters. The van der Waals surface area contributed by atoms with Crippen LogP contribution in [0.5, 0.6) is 5.88 Å². The molecule has 3 aromatic rings. The predicted molar refractivity (Wildman–Crippen MR) is 139 cm³/mol. The fourth-order valence-corrected chi connectivity index (χ4v) is 6.39. The first-order chi connectivity index (χ1) is 18.0. The summed E-state index contributed by atoms with van der Waals surface area (Å²) in [5, 5.41) is 7.73. The van der Waals surface area contributed by atoms with E-state index in [1.807, 2.05) is 24.3 Å². The van der Waals surface area contributed by atoms with Gasteiger partial charge in [-0.05, 0) is 77.6 Å². The summed E-state index contributed by atoms with van der Waals surface area (Å²) >= 11 is 0. The van der Waals surface area contributed by atoms with Gasteiger partial charge in [0.25, 0.3) is 0 Å². The Morgan fingerprint density at radius 1 is 1.14 bits per heavy atom. The summed E-state index contributed by atoms with van der Waals surface area (Å²) < 4.78 is 12.3. The lowest BCUT2D eigenvalue weighted by Crippen LogP contribution is -2.41. The van der Waals surface area contributed by atoms with Crippen molar-refractivity contribution < 1.29 is 14.1 Å². The maximum absolute atomic E-state index is 13.1. The van der Waals surface area contributed by atoms with Crippen LogP contribution in [0.15, 0.2) is 35.0 Å². The molecule has 2 fully saturated rings.